The molecule has 3 aromatic rings. The predicted molar refractivity (Wildman–Crippen MR) is 109 cm³/mol. The first-order chi connectivity index (χ1) is 14.0. The molecule has 0 saturated carbocycles. The minimum absolute atomic E-state index is 0.106. The maximum absolute atomic E-state index is 13.0. The van der Waals surface area contributed by atoms with Crippen LogP contribution in [-0.2, 0) is 0 Å². The quantitative estimate of drug-likeness (QED) is 0.402. The summed E-state index contributed by atoms with van der Waals surface area (Å²) in [6.07, 6.45) is 0. The van der Waals surface area contributed by atoms with Gasteiger partial charge in [-0.05, 0) is 48.5 Å². The molecule has 0 bridgehead atoms. The Hall–Kier alpha value is -3.13. The molecule has 0 aliphatic carbocycles. The van der Waals surface area contributed by atoms with Gasteiger partial charge in [0.1, 0.15) is 10.8 Å². The van der Waals surface area contributed by atoms with Crippen LogP contribution in [0, 0.1) is 5.82 Å². The number of rotatable bonds is 8. The summed E-state index contributed by atoms with van der Waals surface area (Å²) in [6.45, 7) is 0. The molecule has 0 saturated heterocycles. The van der Waals surface area contributed by atoms with Gasteiger partial charge in [-0.15, -0.1) is 10.2 Å². The zero-order valence-electron chi connectivity index (χ0n) is 16.1. The van der Waals surface area contributed by atoms with Crippen molar-refractivity contribution in [3.8, 4) is 28.5 Å². The SMILES string of the molecule is COc1cc(-c2ccc(SCC(=O)c3ccc(F)cc3)nn2)cc(OC)c1OC. The standard InChI is InChI=1S/C21H19FN2O4S/c1-26-18-10-14(11-19(27-2)21(18)28-3)16-8-9-20(24-23-16)29-12-17(25)13-4-6-15(22)7-5-13/h4-11H,12H2,1-3H3. The molecule has 6 nitrogen and oxygen atoms in total. The molecule has 3 rings (SSSR count). The smallest absolute Gasteiger partial charge is 0.203 e. The first-order valence-corrected chi connectivity index (χ1v) is 9.60. The van der Waals surface area contributed by atoms with Gasteiger partial charge < -0.3 is 14.2 Å². The van der Waals surface area contributed by atoms with E-state index < -0.39 is 0 Å². The van der Waals surface area contributed by atoms with Crippen LogP contribution < -0.4 is 14.2 Å². The van der Waals surface area contributed by atoms with Gasteiger partial charge in [-0.1, -0.05) is 11.8 Å². The molecule has 0 fully saturated rings. The minimum Gasteiger partial charge on any atom is -0.493 e. The summed E-state index contributed by atoms with van der Waals surface area (Å²) in [4.78, 5) is 12.2. The zero-order valence-corrected chi connectivity index (χ0v) is 17.0. The van der Waals surface area contributed by atoms with Crippen LogP contribution in [0.1, 0.15) is 10.4 Å². The average molecular weight is 414 g/mol. The lowest BCUT2D eigenvalue weighted by Crippen LogP contribution is -2.03. The van der Waals surface area contributed by atoms with E-state index in [-0.39, 0.29) is 17.4 Å². The van der Waals surface area contributed by atoms with Gasteiger partial charge in [0.2, 0.25) is 5.75 Å². The number of ether oxygens (including phenoxy) is 3. The van der Waals surface area contributed by atoms with Gasteiger partial charge >= 0.3 is 0 Å². The number of halogens is 1. The number of carbonyl (C=O) groups is 1. The number of thioether (sulfide) groups is 1. The van der Waals surface area contributed by atoms with Crippen molar-refractivity contribution in [3.63, 3.8) is 0 Å². The normalized spacial score (nSPS) is 10.5. The van der Waals surface area contributed by atoms with Crippen LogP contribution in [0.15, 0.2) is 53.6 Å². The summed E-state index contributed by atoms with van der Waals surface area (Å²) in [5, 5.41) is 9.02. The molecule has 0 atom stereocenters. The molecule has 0 N–H and O–H groups in total. The van der Waals surface area contributed by atoms with E-state index in [1.54, 1.807) is 45.6 Å². The maximum atomic E-state index is 13.0. The Kier molecular flexibility index (Phi) is 6.66. The Bertz CT molecular complexity index is 970. The number of hydrogen-bond acceptors (Lipinski definition) is 7. The summed E-state index contributed by atoms with van der Waals surface area (Å²) in [5.41, 5.74) is 1.84. The molecule has 29 heavy (non-hydrogen) atoms. The molecule has 1 heterocycles. The van der Waals surface area contributed by atoms with Crippen LogP contribution >= 0.6 is 11.8 Å². The van der Waals surface area contributed by atoms with E-state index in [0.29, 0.717) is 33.5 Å². The monoisotopic (exact) mass is 414 g/mol. The molecule has 0 aliphatic rings. The van der Waals surface area contributed by atoms with Crippen molar-refractivity contribution in [1.29, 1.82) is 0 Å². The number of carbonyl (C=O) groups excluding carboxylic acids is 1. The molecule has 0 aliphatic heterocycles. The highest BCUT2D eigenvalue weighted by Gasteiger charge is 2.15. The molecular formula is C21H19FN2O4S. The molecular weight excluding hydrogens is 395 g/mol. The molecule has 0 amide bonds. The van der Waals surface area contributed by atoms with Crippen LogP contribution in [0.25, 0.3) is 11.3 Å². The summed E-state index contributed by atoms with van der Waals surface area (Å²) in [7, 11) is 4.63. The van der Waals surface area contributed by atoms with Crippen LogP contribution in [0.3, 0.4) is 0 Å². The zero-order chi connectivity index (χ0) is 20.8. The molecule has 0 radical (unpaired) electrons. The number of methoxy groups -OCH3 is 3. The van der Waals surface area contributed by atoms with Crippen molar-refractivity contribution in [2.75, 3.05) is 27.1 Å². The van der Waals surface area contributed by atoms with Gasteiger partial charge in [-0.2, -0.15) is 0 Å². The Morgan fingerprint density at radius 1 is 0.931 bits per heavy atom. The lowest BCUT2D eigenvalue weighted by molar-refractivity contribution is 0.102. The van der Waals surface area contributed by atoms with E-state index in [2.05, 4.69) is 10.2 Å². The third-order valence-electron chi connectivity index (χ3n) is 4.12. The van der Waals surface area contributed by atoms with E-state index in [9.17, 15) is 9.18 Å². The average Bonchev–Trinajstić information content (AvgIpc) is 2.77. The number of benzene rings is 2. The fraction of sp³-hybridized carbons (Fsp3) is 0.190. The van der Waals surface area contributed by atoms with Gasteiger partial charge in [0.15, 0.2) is 17.3 Å². The van der Waals surface area contributed by atoms with E-state index >= 15 is 0 Å². The third kappa shape index (κ3) is 4.83. The third-order valence-corrected chi connectivity index (χ3v) is 5.04. The van der Waals surface area contributed by atoms with Crippen molar-refractivity contribution in [2.45, 2.75) is 5.03 Å². The van der Waals surface area contributed by atoms with Gasteiger partial charge in [0.05, 0.1) is 32.8 Å². The highest BCUT2D eigenvalue weighted by molar-refractivity contribution is 7.99. The van der Waals surface area contributed by atoms with E-state index in [0.717, 1.165) is 5.56 Å². The summed E-state index contributed by atoms with van der Waals surface area (Å²) >= 11 is 1.27. The minimum atomic E-state index is -0.373. The molecule has 1 aromatic heterocycles. The van der Waals surface area contributed by atoms with Gasteiger partial charge in [0.25, 0.3) is 0 Å². The van der Waals surface area contributed by atoms with Crippen LogP contribution in [0.2, 0.25) is 0 Å². The van der Waals surface area contributed by atoms with Crippen molar-refractivity contribution in [3.05, 3.63) is 59.9 Å². The van der Waals surface area contributed by atoms with Crippen molar-refractivity contribution >= 4 is 17.5 Å². The maximum Gasteiger partial charge on any atom is 0.203 e. The Balaban J connectivity index is 1.73. The highest BCUT2D eigenvalue weighted by atomic mass is 32.2. The molecule has 8 heteroatoms. The summed E-state index contributed by atoms with van der Waals surface area (Å²) in [6, 6.07) is 12.6. The fourth-order valence-electron chi connectivity index (χ4n) is 2.64. The molecule has 0 unspecified atom stereocenters. The Morgan fingerprint density at radius 2 is 1.59 bits per heavy atom. The van der Waals surface area contributed by atoms with Gasteiger partial charge in [-0.3, -0.25) is 4.79 Å². The Labute approximate surface area is 172 Å². The second-order valence-electron chi connectivity index (χ2n) is 5.89. The number of hydrogen-bond donors (Lipinski definition) is 0. The van der Waals surface area contributed by atoms with E-state index in [4.69, 9.17) is 14.2 Å². The number of ketones is 1. The fourth-order valence-corrected chi connectivity index (χ4v) is 3.35. The van der Waals surface area contributed by atoms with Crippen molar-refractivity contribution in [1.82, 2.24) is 10.2 Å². The lowest BCUT2D eigenvalue weighted by Gasteiger charge is -2.13. The first kappa shape index (κ1) is 20.6. The number of Topliss-reactive ketones (excluding diaryl/α,β-unsaturated/α-hetero) is 1. The molecule has 0 spiro atoms. The van der Waals surface area contributed by atoms with Gasteiger partial charge in [0, 0.05) is 11.1 Å². The number of aromatic nitrogens is 2. The van der Waals surface area contributed by atoms with Crippen LogP contribution in [0.4, 0.5) is 4.39 Å². The summed E-state index contributed by atoms with van der Waals surface area (Å²) in [5.74, 6) is 1.24. The number of nitrogens with zero attached hydrogens (tertiary/aromatic N) is 2. The summed E-state index contributed by atoms with van der Waals surface area (Å²) < 4.78 is 29.0. The topological polar surface area (TPSA) is 70.5 Å². The largest absolute Gasteiger partial charge is 0.493 e. The molecule has 150 valence electrons. The van der Waals surface area contributed by atoms with E-state index in [1.807, 2.05) is 0 Å². The van der Waals surface area contributed by atoms with Crippen molar-refractivity contribution < 1.29 is 23.4 Å². The molecule has 2 aromatic carbocycles. The van der Waals surface area contributed by atoms with Crippen LogP contribution in [0.5, 0.6) is 17.2 Å². The highest BCUT2D eigenvalue weighted by Crippen LogP contribution is 2.40. The second-order valence-corrected chi connectivity index (χ2v) is 6.89. The van der Waals surface area contributed by atoms with Crippen molar-refractivity contribution in [2.24, 2.45) is 0 Å². The van der Waals surface area contributed by atoms with E-state index in [1.165, 1.54) is 36.0 Å². The van der Waals surface area contributed by atoms with Crippen LogP contribution in [-0.4, -0.2) is 43.1 Å². The predicted octanol–water partition coefficient (Wildman–Crippen LogP) is 4.28. The Morgan fingerprint density at radius 3 is 2.10 bits per heavy atom. The second kappa shape index (κ2) is 9.38. The lowest BCUT2D eigenvalue weighted by atomic mass is 10.1. The van der Waals surface area contributed by atoms with Gasteiger partial charge in [-0.25, -0.2) is 4.39 Å². The first-order valence-electron chi connectivity index (χ1n) is 8.61.